The molecule has 1 fully saturated rings. The summed E-state index contributed by atoms with van der Waals surface area (Å²) in [7, 11) is 0. The lowest BCUT2D eigenvalue weighted by Gasteiger charge is -2.10. The van der Waals surface area contributed by atoms with Crippen LogP contribution in [0.5, 0.6) is 0 Å². The van der Waals surface area contributed by atoms with Gasteiger partial charge in [-0.3, -0.25) is 19.7 Å². The molecule has 100 valence electrons. The van der Waals surface area contributed by atoms with Crippen molar-refractivity contribution in [3.63, 3.8) is 0 Å². The van der Waals surface area contributed by atoms with Crippen LogP contribution in [0.25, 0.3) is 0 Å². The average Bonchev–Trinajstić information content (AvgIpc) is 2.75. The average molecular weight is 285 g/mol. The van der Waals surface area contributed by atoms with Crippen molar-refractivity contribution in [3.8, 4) is 0 Å². The van der Waals surface area contributed by atoms with Crippen molar-refractivity contribution in [1.29, 1.82) is 0 Å². The summed E-state index contributed by atoms with van der Waals surface area (Å²) in [5.41, 5.74) is -0.359. The Balaban J connectivity index is 2.18. The quantitative estimate of drug-likeness (QED) is 0.485. The van der Waals surface area contributed by atoms with Gasteiger partial charge in [-0.1, -0.05) is 11.6 Å². The van der Waals surface area contributed by atoms with Crippen molar-refractivity contribution in [2.75, 3.05) is 5.32 Å². The monoisotopic (exact) mass is 284 g/mol. The molecule has 1 aromatic rings. The summed E-state index contributed by atoms with van der Waals surface area (Å²) in [6.45, 7) is 0. The smallest absolute Gasteiger partial charge is 0.311 e. The van der Waals surface area contributed by atoms with E-state index in [0.717, 1.165) is 6.07 Å². The van der Waals surface area contributed by atoms with E-state index in [-0.39, 0.29) is 29.0 Å². The Labute approximate surface area is 112 Å². The molecule has 1 aliphatic rings. The second kappa shape index (κ2) is 5.19. The van der Waals surface area contributed by atoms with Crippen LogP contribution in [-0.4, -0.2) is 27.8 Å². The number of amides is 2. The summed E-state index contributed by atoms with van der Waals surface area (Å²) in [6, 6.07) is 1.71. The topological polar surface area (TPSA) is 114 Å². The fraction of sp³-hybridized carbons (Fsp3) is 0.300. The molecular formula is C10H9ClN4O4. The Kier molecular flexibility index (Phi) is 3.61. The van der Waals surface area contributed by atoms with E-state index >= 15 is 0 Å². The lowest BCUT2D eigenvalue weighted by Crippen LogP contribution is -2.37. The van der Waals surface area contributed by atoms with Gasteiger partial charge in [0.05, 0.1) is 4.92 Å². The fourth-order valence-electron chi connectivity index (χ4n) is 1.68. The highest BCUT2D eigenvalue weighted by Gasteiger charge is 2.29. The number of pyridine rings is 1. The van der Waals surface area contributed by atoms with Gasteiger partial charge in [-0.15, -0.1) is 0 Å². The van der Waals surface area contributed by atoms with Gasteiger partial charge in [-0.25, -0.2) is 4.98 Å². The number of nitrogens with zero attached hydrogens (tertiary/aromatic N) is 2. The number of nitro groups is 1. The predicted octanol–water partition coefficient (Wildman–Crippen LogP) is 0.860. The summed E-state index contributed by atoms with van der Waals surface area (Å²) < 4.78 is 0. The number of aromatic nitrogens is 1. The highest BCUT2D eigenvalue weighted by Crippen LogP contribution is 2.24. The van der Waals surface area contributed by atoms with Crippen LogP contribution in [0.1, 0.15) is 12.8 Å². The second-order valence-corrected chi connectivity index (χ2v) is 4.29. The minimum atomic E-state index is -0.701. The van der Waals surface area contributed by atoms with Gasteiger partial charge < -0.3 is 10.6 Å². The van der Waals surface area contributed by atoms with E-state index in [2.05, 4.69) is 15.6 Å². The van der Waals surface area contributed by atoms with Crippen molar-refractivity contribution in [2.45, 2.75) is 18.9 Å². The molecule has 2 rings (SSSR count). The maximum absolute atomic E-state index is 11.8. The highest BCUT2D eigenvalue weighted by atomic mass is 35.5. The number of nitrogens with one attached hydrogen (secondary N) is 2. The first-order chi connectivity index (χ1) is 8.97. The zero-order chi connectivity index (χ0) is 14.0. The van der Waals surface area contributed by atoms with E-state index < -0.39 is 16.9 Å². The minimum absolute atomic E-state index is 0.0244. The molecule has 19 heavy (non-hydrogen) atoms. The molecule has 1 saturated heterocycles. The molecule has 1 aromatic heterocycles. The maximum Gasteiger partial charge on any atom is 0.311 e. The fourth-order valence-corrected chi connectivity index (χ4v) is 1.83. The van der Waals surface area contributed by atoms with Crippen LogP contribution >= 0.6 is 11.6 Å². The highest BCUT2D eigenvalue weighted by molar-refractivity contribution is 6.29. The molecule has 0 spiro atoms. The van der Waals surface area contributed by atoms with E-state index in [0.29, 0.717) is 6.42 Å². The first kappa shape index (κ1) is 13.2. The lowest BCUT2D eigenvalue weighted by atomic mass is 10.2. The number of halogens is 1. The van der Waals surface area contributed by atoms with Crippen LogP contribution in [0.3, 0.4) is 0 Å². The Morgan fingerprint density at radius 1 is 1.58 bits per heavy atom. The van der Waals surface area contributed by atoms with Gasteiger partial charge in [-0.05, 0) is 12.5 Å². The molecule has 0 aliphatic carbocycles. The van der Waals surface area contributed by atoms with E-state index in [1.165, 1.54) is 6.07 Å². The van der Waals surface area contributed by atoms with Crippen molar-refractivity contribution in [2.24, 2.45) is 0 Å². The molecule has 2 N–H and O–H groups in total. The lowest BCUT2D eigenvalue weighted by molar-refractivity contribution is -0.384. The van der Waals surface area contributed by atoms with Crippen LogP contribution in [0.15, 0.2) is 12.1 Å². The number of carbonyl (C=O) groups excluding carboxylic acids is 2. The predicted molar refractivity (Wildman–Crippen MR) is 65.7 cm³/mol. The Morgan fingerprint density at radius 2 is 2.32 bits per heavy atom. The Hall–Kier alpha value is -2.22. The van der Waals surface area contributed by atoms with Crippen LogP contribution < -0.4 is 10.6 Å². The Morgan fingerprint density at radius 3 is 2.89 bits per heavy atom. The minimum Gasteiger partial charge on any atom is -0.344 e. The van der Waals surface area contributed by atoms with Gasteiger partial charge in [0.1, 0.15) is 11.2 Å². The van der Waals surface area contributed by atoms with Gasteiger partial charge >= 0.3 is 5.69 Å². The van der Waals surface area contributed by atoms with Gasteiger partial charge in [0.15, 0.2) is 0 Å². The molecule has 9 heteroatoms. The summed E-state index contributed by atoms with van der Waals surface area (Å²) in [5.74, 6) is -1.01. The van der Waals surface area contributed by atoms with Crippen molar-refractivity contribution >= 4 is 34.9 Å². The van der Waals surface area contributed by atoms with Gasteiger partial charge in [-0.2, -0.15) is 0 Å². The largest absolute Gasteiger partial charge is 0.344 e. The third kappa shape index (κ3) is 2.97. The molecule has 2 heterocycles. The summed E-state index contributed by atoms with van der Waals surface area (Å²) in [5, 5.41) is 15.6. The number of anilines is 1. The van der Waals surface area contributed by atoms with E-state index in [1.54, 1.807) is 0 Å². The first-order valence-electron chi connectivity index (χ1n) is 5.38. The molecule has 8 nitrogen and oxygen atoms in total. The van der Waals surface area contributed by atoms with Gasteiger partial charge in [0.25, 0.3) is 0 Å². The Bertz CT molecular complexity index is 562. The maximum atomic E-state index is 11.8. The number of hydrogen-bond donors (Lipinski definition) is 2. The van der Waals surface area contributed by atoms with Gasteiger partial charge in [0.2, 0.25) is 17.6 Å². The zero-order valence-electron chi connectivity index (χ0n) is 9.55. The molecule has 1 atom stereocenters. The van der Waals surface area contributed by atoms with E-state index in [1.807, 2.05) is 0 Å². The second-order valence-electron chi connectivity index (χ2n) is 3.91. The molecule has 1 aliphatic heterocycles. The molecule has 0 radical (unpaired) electrons. The van der Waals surface area contributed by atoms with Gasteiger partial charge in [0, 0.05) is 12.5 Å². The number of rotatable bonds is 3. The summed E-state index contributed by atoms with van der Waals surface area (Å²) in [6.07, 6.45) is 0.599. The number of hydrogen-bond acceptors (Lipinski definition) is 5. The van der Waals surface area contributed by atoms with Crippen LogP contribution in [-0.2, 0) is 9.59 Å². The molecular weight excluding hydrogens is 276 g/mol. The third-order valence-corrected chi connectivity index (χ3v) is 2.80. The molecule has 0 saturated carbocycles. The molecule has 0 aromatic carbocycles. The SMILES string of the molecule is O=C1CCC(C(=O)Nc2nc(Cl)ccc2[N+](=O)[O-])N1. The van der Waals surface area contributed by atoms with Crippen LogP contribution in [0.2, 0.25) is 5.15 Å². The first-order valence-corrected chi connectivity index (χ1v) is 5.76. The van der Waals surface area contributed by atoms with Crippen molar-refractivity contribution in [1.82, 2.24) is 10.3 Å². The molecule has 2 amide bonds. The summed E-state index contributed by atoms with van der Waals surface area (Å²) >= 11 is 5.63. The number of carbonyl (C=O) groups is 2. The van der Waals surface area contributed by atoms with E-state index in [9.17, 15) is 19.7 Å². The molecule has 0 bridgehead atoms. The van der Waals surface area contributed by atoms with Crippen molar-refractivity contribution in [3.05, 3.63) is 27.4 Å². The van der Waals surface area contributed by atoms with E-state index in [4.69, 9.17) is 11.6 Å². The van der Waals surface area contributed by atoms with Crippen LogP contribution in [0.4, 0.5) is 11.5 Å². The summed E-state index contributed by atoms with van der Waals surface area (Å²) in [4.78, 5) is 36.6. The zero-order valence-corrected chi connectivity index (χ0v) is 10.3. The normalized spacial score (nSPS) is 17.9. The van der Waals surface area contributed by atoms with Crippen molar-refractivity contribution < 1.29 is 14.5 Å². The molecule has 1 unspecified atom stereocenters. The standard InChI is InChI=1S/C10H9ClN4O4/c11-7-3-2-6(15(18)19)9(13-7)14-10(17)5-1-4-8(16)12-5/h2-3,5H,1,4H2,(H,12,16)(H,13,14,17). The third-order valence-electron chi connectivity index (χ3n) is 2.59. The van der Waals surface area contributed by atoms with Crippen LogP contribution in [0, 0.1) is 10.1 Å².